The molecule has 0 bridgehead atoms. The van der Waals surface area contributed by atoms with Crippen LogP contribution in [0.15, 0.2) is 47.5 Å². The van der Waals surface area contributed by atoms with E-state index in [1.54, 1.807) is 24.5 Å². The summed E-state index contributed by atoms with van der Waals surface area (Å²) >= 11 is 0. The summed E-state index contributed by atoms with van der Waals surface area (Å²) in [5, 5.41) is 0. The number of fused-ring (bicyclic) bond motifs is 1. The lowest BCUT2D eigenvalue weighted by Crippen LogP contribution is -2.35. The van der Waals surface area contributed by atoms with Crippen LogP contribution in [-0.2, 0) is 25.7 Å². The van der Waals surface area contributed by atoms with Gasteiger partial charge in [0.2, 0.25) is 0 Å². The molecule has 5 nitrogen and oxygen atoms in total. The molecule has 150 valence electrons. The van der Waals surface area contributed by atoms with E-state index in [1.807, 2.05) is 4.90 Å². The van der Waals surface area contributed by atoms with Crippen LogP contribution in [0.4, 0.5) is 17.6 Å². The molecule has 1 aliphatic heterocycles. The summed E-state index contributed by atoms with van der Waals surface area (Å²) in [6, 6.07) is 6.04. The molecule has 1 N–H and O–H groups in total. The minimum Gasteiger partial charge on any atom is -0.306 e. The first-order valence-electron chi connectivity index (χ1n) is 8.92. The van der Waals surface area contributed by atoms with Gasteiger partial charge in [-0.1, -0.05) is 6.07 Å². The van der Waals surface area contributed by atoms with Crippen molar-refractivity contribution in [3.63, 3.8) is 0 Å². The number of hydrogen-bond donors (Lipinski definition) is 1. The highest BCUT2D eigenvalue weighted by molar-refractivity contribution is 5.53. The highest BCUT2D eigenvalue weighted by atomic mass is 19.4. The quantitative estimate of drug-likeness (QED) is 0.679. The second-order valence-electron chi connectivity index (χ2n) is 6.85. The summed E-state index contributed by atoms with van der Waals surface area (Å²) < 4.78 is 52.3. The molecule has 1 aromatic carbocycles. The molecule has 2 aromatic heterocycles. The average Bonchev–Trinajstić information content (AvgIpc) is 2.69. The number of benzene rings is 1. The molecule has 0 fully saturated rings. The number of hydrogen-bond acceptors (Lipinski definition) is 4. The molecule has 0 spiro atoms. The van der Waals surface area contributed by atoms with Crippen molar-refractivity contribution in [3.8, 4) is 11.4 Å². The Hall–Kier alpha value is -3.07. The van der Waals surface area contributed by atoms with Crippen molar-refractivity contribution < 1.29 is 17.6 Å². The van der Waals surface area contributed by atoms with Gasteiger partial charge in [-0.3, -0.25) is 14.7 Å². The van der Waals surface area contributed by atoms with Crippen molar-refractivity contribution in [3.05, 3.63) is 81.3 Å². The number of aromatic nitrogens is 3. The molecule has 3 aromatic rings. The lowest BCUT2D eigenvalue weighted by molar-refractivity contribution is -0.137. The van der Waals surface area contributed by atoms with E-state index < -0.39 is 17.6 Å². The maximum absolute atomic E-state index is 14.2. The monoisotopic (exact) mass is 404 g/mol. The Kier molecular flexibility index (Phi) is 4.91. The Morgan fingerprint density at radius 2 is 2.03 bits per heavy atom. The Morgan fingerprint density at radius 1 is 1.21 bits per heavy atom. The van der Waals surface area contributed by atoms with Gasteiger partial charge >= 0.3 is 6.18 Å². The molecule has 0 unspecified atom stereocenters. The van der Waals surface area contributed by atoms with E-state index >= 15 is 0 Å². The van der Waals surface area contributed by atoms with E-state index in [2.05, 4.69) is 15.0 Å². The number of pyridine rings is 1. The van der Waals surface area contributed by atoms with E-state index in [0.29, 0.717) is 48.2 Å². The molecule has 4 rings (SSSR count). The molecule has 0 aliphatic carbocycles. The van der Waals surface area contributed by atoms with Gasteiger partial charge in [-0.25, -0.2) is 9.37 Å². The van der Waals surface area contributed by atoms with Crippen molar-refractivity contribution in [2.75, 3.05) is 6.54 Å². The summed E-state index contributed by atoms with van der Waals surface area (Å²) in [4.78, 5) is 25.6. The lowest BCUT2D eigenvalue weighted by atomic mass is 10.0. The van der Waals surface area contributed by atoms with Gasteiger partial charge < -0.3 is 4.98 Å². The summed E-state index contributed by atoms with van der Waals surface area (Å²) in [7, 11) is 0. The molecule has 29 heavy (non-hydrogen) atoms. The molecule has 0 amide bonds. The third kappa shape index (κ3) is 4.04. The summed E-state index contributed by atoms with van der Waals surface area (Å²) in [6.45, 7) is 0.900. The third-order valence-electron chi connectivity index (χ3n) is 4.86. The summed E-state index contributed by atoms with van der Waals surface area (Å²) in [5.74, 6) is -0.509. The molecule has 1 aliphatic rings. The zero-order valence-corrected chi connectivity index (χ0v) is 15.1. The smallest absolute Gasteiger partial charge is 0.306 e. The van der Waals surface area contributed by atoms with Crippen LogP contribution in [0.25, 0.3) is 11.4 Å². The molecule has 0 radical (unpaired) electrons. The van der Waals surface area contributed by atoms with Crippen molar-refractivity contribution in [1.29, 1.82) is 0 Å². The zero-order valence-electron chi connectivity index (χ0n) is 15.1. The molecule has 9 heteroatoms. The van der Waals surface area contributed by atoms with Gasteiger partial charge in [0.1, 0.15) is 11.6 Å². The van der Waals surface area contributed by atoms with Crippen LogP contribution in [-0.4, -0.2) is 26.4 Å². The van der Waals surface area contributed by atoms with Crippen molar-refractivity contribution in [2.45, 2.75) is 25.7 Å². The fourth-order valence-corrected chi connectivity index (χ4v) is 3.36. The van der Waals surface area contributed by atoms with Gasteiger partial charge in [0.15, 0.2) is 0 Å². The highest BCUT2D eigenvalue weighted by Gasteiger charge is 2.31. The number of aromatic amines is 1. The van der Waals surface area contributed by atoms with Gasteiger partial charge in [0, 0.05) is 48.7 Å². The molecule has 0 saturated heterocycles. The van der Waals surface area contributed by atoms with Crippen LogP contribution < -0.4 is 5.56 Å². The Balaban J connectivity index is 1.57. The second kappa shape index (κ2) is 7.40. The van der Waals surface area contributed by atoms with Crippen LogP contribution >= 0.6 is 0 Å². The van der Waals surface area contributed by atoms with E-state index in [-0.39, 0.29) is 17.7 Å². The maximum atomic E-state index is 14.2. The normalized spacial score (nSPS) is 14.6. The van der Waals surface area contributed by atoms with Crippen molar-refractivity contribution >= 4 is 0 Å². The molecule has 0 saturated carbocycles. The average molecular weight is 404 g/mol. The van der Waals surface area contributed by atoms with Gasteiger partial charge in [0.05, 0.1) is 11.3 Å². The van der Waals surface area contributed by atoms with Gasteiger partial charge in [-0.2, -0.15) is 13.2 Å². The zero-order chi connectivity index (χ0) is 20.6. The summed E-state index contributed by atoms with van der Waals surface area (Å²) in [6.07, 6.45) is -0.965. The number of nitrogens with one attached hydrogen (secondary N) is 1. The van der Waals surface area contributed by atoms with Gasteiger partial charge in [-0.05, 0) is 30.7 Å². The fraction of sp³-hybridized carbons (Fsp3) is 0.250. The Bertz CT molecular complexity index is 1100. The second-order valence-corrected chi connectivity index (χ2v) is 6.85. The molecule has 3 heterocycles. The van der Waals surface area contributed by atoms with Crippen LogP contribution in [0.5, 0.6) is 0 Å². The summed E-state index contributed by atoms with van der Waals surface area (Å²) in [5.41, 5.74) is 0.733. The van der Waals surface area contributed by atoms with E-state index in [1.165, 1.54) is 0 Å². The van der Waals surface area contributed by atoms with Crippen LogP contribution in [0.2, 0.25) is 0 Å². The van der Waals surface area contributed by atoms with E-state index in [4.69, 9.17) is 0 Å². The fourth-order valence-electron chi connectivity index (χ4n) is 3.36. The first kappa shape index (κ1) is 19.3. The van der Waals surface area contributed by atoms with Gasteiger partial charge in [0.25, 0.3) is 5.56 Å². The molecular formula is C20H16F4N4O. The lowest BCUT2D eigenvalue weighted by Gasteiger charge is -2.28. The number of rotatable bonds is 3. The number of halogens is 4. The van der Waals surface area contributed by atoms with E-state index in [0.717, 1.165) is 12.1 Å². The minimum atomic E-state index is -4.59. The van der Waals surface area contributed by atoms with E-state index in [9.17, 15) is 22.4 Å². The molecule has 0 atom stereocenters. The van der Waals surface area contributed by atoms with Crippen molar-refractivity contribution in [1.82, 2.24) is 19.9 Å². The first-order chi connectivity index (χ1) is 13.8. The number of nitrogens with zero attached hydrogens (tertiary/aromatic N) is 3. The van der Waals surface area contributed by atoms with Crippen molar-refractivity contribution in [2.24, 2.45) is 0 Å². The number of alkyl halides is 3. The maximum Gasteiger partial charge on any atom is 0.416 e. The topological polar surface area (TPSA) is 61.9 Å². The Morgan fingerprint density at radius 3 is 2.72 bits per heavy atom. The van der Waals surface area contributed by atoms with Crippen LogP contribution in [0.1, 0.15) is 22.4 Å². The Labute approximate surface area is 163 Å². The van der Waals surface area contributed by atoms with Crippen LogP contribution in [0, 0.1) is 5.82 Å². The predicted octanol–water partition coefficient (Wildman–Crippen LogP) is 3.55. The van der Waals surface area contributed by atoms with Gasteiger partial charge in [-0.15, -0.1) is 0 Å². The minimum absolute atomic E-state index is 0.125. The predicted molar refractivity (Wildman–Crippen MR) is 97.3 cm³/mol. The molecular weight excluding hydrogens is 388 g/mol. The highest BCUT2D eigenvalue weighted by Crippen LogP contribution is 2.30. The number of H-pyrrole nitrogens is 1. The largest absolute Gasteiger partial charge is 0.416 e. The third-order valence-corrected chi connectivity index (χ3v) is 4.86. The standard InChI is InChI=1S/C20H16F4N4O/c21-16-8-14(20(22,23)24)4-3-13(16)10-28-7-5-15-17(11-28)26-18(27-19(15)29)12-2-1-6-25-9-12/h1-4,6,8-9H,5,7,10-11H2,(H,26,27,29). The van der Waals surface area contributed by atoms with Crippen LogP contribution in [0.3, 0.4) is 0 Å². The SMILES string of the molecule is O=c1[nH]c(-c2cccnc2)nc2c1CCN(Cc1ccc(C(F)(F)F)cc1F)C2. The first-order valence-corrected chi connectivity index (χ1v) is 8.92.